The Balaban J connectivity index is 1.28. The lowest BCUT2D eigenvalue weighted by atomic mass is 9.86. The molecule has 1 saturated heterocycles. The molecule has 4 aromatic rings. The van der Waals surface area contributed by atoms with Gasteiger partial charge in [-0.15, -0.1) is 0 Å². The van der Waals surface area contributed by atoms with Gasteiger partial charge in [-0.1, -0.05) is 89.4 Å². The Morgan fingerprint density at radius 2 is 1.64 bits per heavy atom. The molecule has 0 radical (unpaired) electrons. The fraction of sp³-hybridized carbons (Fsp3) is 0.297. The zero-order chi connectivity index (χ0) is 29.9. The van der Waals surface area contributed by atoms with Gasteiger partial charge < -0.3 is 15.5 Å². The minimum Gasteiger partial charge on any atom is -0.371 e. The average molecular weight is 558 g/mol. The number of piperidine rings is 1. The van der Waals surface area contributed by atoms with Crippen molar-refractivity contribution in [3.05, 3.63) is 114 Å². The number of hydrogen-bond donors (Lipinski definition) is 2. The van der Waals surface area contributed by atoms with Crippen molar-refractivity contribution in [2.24, 2.45) is 5.92 Å². The summed E-state index contributed by atoms with van der Waals surface area (Å²) in [7, 11) is 0. The molecule has 216 valence electrons. The Bertz CT molecular complexity index is 1560. The molecule has 3 aromatic carbocycles. The van der Waals surface area contributed by atoms with E-state index in [9.17, 15) is 0 Å². The molecule has 0 bridgehead atoms. The van der Waals surface area contributed by atoms with Gasteiger partial charge >= 0.3 is 0 Å². The lowest BCUT2D eigenvalue weighted by molar-refractivity contribution is 0.261. The van der Waals surface area contributed by atoms with E-state index >= 15 is 0 Å². The molecule has 5 rings (SSSR count). The summed E-state index contributed by atoms with van der Waals surface area (Å²) >= 11 is 0. The second-order valence-electron chi connectivity index (χ2n) is 12.5. The van der Waals surface area contributed by atoms with E-state index in [1.165, 1.54) is 18.4 Å². The summed E-state index contributed by atoms with van der Waals surface area (Å²) in [5, 5.41) is 6.90. The van der Waals surface area contributed by atoms with E-state index in [0.717, 1.165) is 63.8 Å². The first kappa shape index (κ1) is 29.1. The van der Waals surface area contributed by atoms with E-state index in [0.29, 0.717) is 11.9 Å². The van der Waals surface area contributed by atoms with Crippen LogP contribution < -0.4 is 10.6 Å². The summed E-state index contributed by atoms with van der Waals surface area (Å²) in [5.41, 5.74) is 10.6. The van der Waals surface area contributed by atoms with Crippen molar-refractivity contribution < 1.29 is 0 Å². The highest BCUT2D eigenvalue weighted by Gasteiger charge is 2.18. The number of nitrogens with zero attached hydrogens (tertiary/aromatic N) is 3. The molecule has 5 nitrogen and oxygen atoms in total. The van der Waals surface area contributed by atoms with Crippen LogP contribution in [0.5, 0.6) is 0 Å². The van der Waals surface area contributed by atoms with Crippen LogP contribution in [0.1, 0.15) is 62.8 Å². The molecule has 0 aliphatic carbocycles. The van der Waals surface area contributed by atoms with Crippen LogP contribution >= 0.6 is 0 Å². The average Bonchev–Trinajstić information content (AvgIpc) is 2.98. The van der Waals surface area contributed by atoms with E-state index in [4.69, 9.17) is 4.98 Å². The number of anilines is 3. The highest BCUT2D eigenvalue weighted by Crippen LogP contribution is 2.31. The fourth-order valence-corrected chi connectivity index (χ4v) is 5.52. The van der Waals surface area contributed by atoms with E-state index in [1.54, 1.807) is 6.20 Å². The molecule has 1 atom stereocenters. The summed E-state index contributed by atoms with van der Waals surface area (Å²) < 4.78 is 0. The highest BCUT2D eigenvalue weighted by atomic mass is 15.1. The van der Waals surface area contributed by atoms with Crippen molar-refractivity contribution in [3.63, 3.8) is 0 Å². The molecule has 1 fully saturated rings. The Labute approximate surface area is 251 Å². The van der Waals surface area contributed by atoms with Gasteiger partial charge in [0, 0.05) is 47.6 Å². The Morgan fingerprint density at radius 1 is 0.929 bits per heavy atom. The molecule has 0 amide bonds. The lowest BCUT2D eigenvalue weighted by Crippen LogP contribution is -2.32. The third kappa shape index (κ3) is 6.73. The second-order valence-corrected chi connectivity index (χ2v) is 12.5. The molecule has 2 N–H and O–H groups in total. The van der Waals surface area contributed by atoms with Crippen LogP contribution in [0.15, 0.2) is 92.2 Å². The first-order valence-electron chi connectivity index (χ1n) is 14.9. The van der Waals surface area contributed by atoms with Gasteiger partial charge in [0.1, 0.15) is 0 Å². The standard InChI is InChI=1S/C37H43N5/c1-25-10-9-23-42(24-25)28(4)30-15-19-32(20-16-30)40-36-38-22-21-35(41-36)33-11-8-12-34(26(33)2)39-27(3)29-13-17-31(18-14-29)37(5,6)7/h8,11-22,25,39H,3-4,9-10,23-24H2,1-2,5-7H3,(H,38,40,41). The number of nitrogens with one attached hydrogen (secondary N) is 2. The maximum Gasteiger partial charge on any atom is 0.227 e. The largest absolute Gasteiger partial charge is 0.371 e. The van der Waals surface area contributed by atoms with Crippen LogP contribution in [0.3, 0.4) is 0 Å². The quantitative estimate of drug-likeness (QED) is 0.226. The normalized spacial score (nSPS) is 15.3. The first-order chi connectivity index (χ1) is 20.1. The van der Waals surface area contributed by atoms with Gasteiger partial charge in [0.25, 0.3) is 0 Å². The molecule has 42 heavy (non-hydrogen) atoms. The minimum absolute atomic E-state index is 0.119. The number of rotatable bonds is 8. The third-order valence-electron chi connectivity index (χ3n) is 8.16. The van der Waals surface area contributed by atoms with E-state index in [2.05, 4.69) is 129 Å². The second kappa shape index (κ2) is 12.2. The van der Waals surface area contributed by atoms with Crippen LogP contribution in [0.25, 0.3) is 22.7 Å². The van der Waals surface area contributed by atoms with E-state index < -0.39 is 0 Å². The van der Waals surface area contributed by atoms with Gasteiger partial charge in [0.05, 0.1) is 5.69 Å². The monoisotopic (exact) mass is 557 g/mol. The molecule has 5 heteroatoms. The van der Waals surface area contributed by atoms with Crippen molar-refractivity contribution in [3.8, 4) is 11.3 Å². The van der Waals surface area contributed by atoms with Gasteiger partial charge in [-0.25, -0.2) is 9.97 Å². The van der Waals surface area contributed by atoms with Crippen LogP contribution in [0.4, 0.5) is 17.3 Å². The minimum atomic E-state index is 0.119. The van der Waals surface area contributed by atoms with Crippen molar-refractivity contribution in [2.45, 2.75) is 52.9 Å². The number of hydrogen-bond acceptors (Lipinski definition) is 5. The van der Waals surface area contributed by atoms with Crippen molar-refractivity contribution in [2.75, 3.05) is 23.7 Å². The van der Waals surface area contributed by atoms with E-state index in [-0.39, 0.29) is 5.41 Å². The summed E-state index contributed by atoms with van der Waals surface area (Å²) in [6.07, 6.45) is 4.33. The first-order valence-corrected chi connectivity index (χ1v) is 14.9. The van der Waals surface area contributed by atoms with Gasteiger partial charge in [-0.05, 0) is 77.6 Å². The van der Waals surface area contributed by atoms with Gasteiger partial charge in [0.15, 0.2) is 0 Å². The Kier molecular flexibility index (Phi) is 8.49. The maximum atomic E-state index is 4.85. The topological polar surface area (TPSA) is 53.1 Å². The molecule has 1 aliphatic heterocycles. The van der Waals surface area contributed by atoms with Crippen molar-refractivity contribution >= 4 is 28.7 Å². The number of likely N-dealkylation sites (tertiary alicyclic amines) is 1. The molecule has 0 saturated carbocycles. The fourth-order valence-electron chi connectivity index (χ4n) is 5.52. The van der Waals surface area contributed by atoms with Crippen LogP contribution in [0.2, 0.25) is 0 Å². The van der Waals surface area contributed by atoms with Gasteiger partial charge in [-0.3, -0.25) is 0 Å². The SMILES string of the molecule is C=C(Nc1cccc(-c2ccnc(Nc3ccc(C(=C)N4CCCC(C)C4)cc3)n2)c1C)c1ccc(C(C)(C)C)cc1. The lowest BCUT2D eigenvalue weighted by Gasteiger charge is -2.34. The van der Waals surface area contributed by atoms with Crippen molar-refractivity contribution in [1.29, 1.82) is 0 Å². The number of benzene rings is 3. The maximum absolute atomic E-state index is 4.85. The molecular formula is C37H43N5. The smallest absolute Gasteiger partial charge is 0.227 e. The molecule has 1 aromatic heterocycles. The zero-order valence-corrected chi connectivity index (χ0v) is 25.7. The molecule has 1 aliphatic rings. The van der Waals surface area contributed by atoms with Crippen LogP contribution in [-0.4, -0.2) is 28.0 Å². The summed E-state index contributed by atoms with van der Waals surface area (Å²) in [5.74, 6) is 1.27. The Hall–Kier alpha value is -4.38. The Morgan fingerprint density at radius 3 is 2.33 bits per heavy atom. The molecule has 2 heterocycles. The predicted octanol–water partition coefficient (Wildman–Crippen LogP) is 9.28. The van der Waals surface area contributed by atoms with Crippen LogP contribution in [0, 0.1) is 12.8 Å². The van der Waals surface area contributed by atoms with Crippen LogP contribution in [-0.2, 0) is 5.41 Å². The van der Waals surface area contributed by atoms with Gasteiger partial charge in [-0.2, -0.15) is 0 Å². The van der Waals surface area contributed by atoms with Crippen molar-refractivity contribution in [1.82, 2.24) is 14.9 Å². The molecule has 1 unspecified atom stereocenters. The zero-order valence-electron chi connectivity index (χ0n) is 25.7. The molecular weight excluding hydrogens is 514 g/mol. The number of aromatic nitrogens is 2. The molecule has 0 spiro atoms. The predicted molar refractivity (Wildman–Crippen MR) is 179 cm³/mol. The van der Waals surface area contributed by atoms with Gasteiger partial charge in [0.2, 0.25) is 5.95 Å². The summed E-state index contributed by atoms with van der Waals surface area (Å²) in [6, 6.07) is 25.2. The third-order valence-corrected chi connectivity index (χ3v) is 8.16. The summed E-state index contributed by atoms with van der Waals surface area (Å²) in [4.78, 5) is 11.7. The highest BCUT2D eigenvalue weighted by molar-refractivity contribution is 5.81. The van der Waals surface area contributed by atoms with E-state index in [1.807, 2.05) is 12.1 Å². The summed E-state index contributed by atoms with van der Waals surface area (Å²) in [6.45, 7) is 21.9.